The third-order valence-electron chi connectivity index (χ3n) is 2.59. The molecule has 2 aromatic heterocycles. The van der Waals surface area contributed by atoms with E-state index in [2.05, 4.69) is 47.7 Å². The number of nitrogens with one attached hydrogen (secondary N) is 1. The van der Waals surface area contributed by atoms with Crippen molar-refractivity contribution in [2.24, 2.45) is 0 Å². The summed E-state index contributed by atoms with van der Waals surface area (Å²) in [5.74, 6) is 0. The van der Waals surface area contributed by atoms with Crippen LogP contribution in [0.2, 0.25) is 0 Å². The van der Waals surface area contributed by atoms with Crippen LogP contribution in [0.25, 0.3) is 0 Å². The van der Waals surface area contributed by atoms with E-state index in [1.54, 1.807) is 11.3 Å². The lowest BCUT2D eigenvalue weighted by Gasteiger charge is -2.18. The second-order valence-corrected chi connectivity index (χ2v) is 4.66. The lowest BCUT2D eigenvalue weighted by Crippen LogP contribution is -2.22. The number of hydrogen-bond donors (Lipinski definition) is 1. The standard InChI is InChI=1S/C13H16N2S/c1-3-14-13(12-7-5-9-16-12)11-6-4-8-15-10(11)2/h4-9,13-14H,3H2,1-2H3. The number of pyridine rings is 1. The van der Waals surface area contributed by atoms with Crippen LogP contribution in [0.4, 0.5) is 0 Å². The van der Waals surface area contributed by atoms with E-state index in [9.17, 15) is 0 Å². The maximum Gasteiger partial charge on any atom is 0.0688 e. The molecule has 2 aromatic rings. The van der Waals surface area contributed by atoms with Gasteiger partial charge < -0.3 is 5.32 Å². The Morgan fingerprint density at radius 1 is 1.38 bits per heavy atom. The molecule has 2 rings (SSSR count). The number of thiophene rings is 1. The van der Waals surface area contributed by atoms with Crippen LogP contribution in [0, 0.1) is 6.92 Å². The Morgan fingerprint density at radius 3 is 2.88 bits per heavy atom. The minimum Gasteiger partial charge on any atom is -0.306 e. The van der Waals surface area contributed by atoms with Gasteiger partial charge in [0.25, 0.3) is 0 Å². The van der Waals surface area contributed by atoms with Crippen LogP contribution < -0.4 is 5.32 Å². The van der Waals surface area contributed by atoms with Gasteiger partial charge in [-0.05, 0) is 36.5 Å². The van der Waals surface area contributed by atoms with E-state index in [0.29, 0.717) is 0 Å². The van der Waals surface area contributed by atoms with Gasteiger partial charge in [0, 0.05) is 16.8 Å². The van der Waals surface area contributed by atoms with E-state index >= 15 is 0 Å². The molecule has 1 N–H and O–H groups in total. The van der Waals surface area contributed by atoms with Crippen LogP contribution >= 0.6 is 11.3 Å². The van der Waals surface area contributed by atoms with Gasteiger partial charge in [-0.2, -0.15) is 0 Å². The first-order chi connectivity index (χ1) is 7.83. The maximum absolute atomic E-state index is 4.36. The molecule has 0 fully saturated rings. The highest BCUT2D eigenvalue weighted by Crippen LogP contribution is 2.27. The highest BCUT2D eigenvalue weighted by Gasteiger charge is 2.15. The van der Waals surface area contributed by atoms with Crippen molar-refractivity contribution in [3.63, 3.8) is 0 Å². The molecule has 2 heterocycles. The molecule has 0 radical (unpaired) electrons. The van der Waals surface area contributed by atoms with E-state index in [1.807, 2.05) is 12.3 Å². The second kappa shape index (κ2) is 5.23. The third-order valence-corrected chi connectivity index (χ3v) is 3.53. The molecular formula is C13H16N2S. The predicted octanol–water partition coefficient (Wildman–Crippen LogP) is 3.15. The molecule has 0 aliphatic rings. The maximum atomic E-state index is 4.36. The zero-order valence-electron chi connectivity index (χ0n) is 9.60. The van der Waals surface area contributed by atoms with E-state index < -0.39 is 0 Å². The minimum absolute atomic E-state index is 0.277. The highest BCUT2D eigenvalue weighted by molar-refractivity contribution is 7.10. The summed E-state index contributed by atoms with van der Waals surface area (Å²) >= 11 is 1.78. The smallest absolute Gasteiger partial charge is 0.0688 e. The van der Waals surface area contributed by atoms with Gasteiger partial charge in [-0.1, -0.05) is 19.1 Å². The van der Waals surface area contributed by atoms with E-state index in [1.165, 1.54) is 10.4 Å². The molecule has 0 amide bonds. The van der Waals surface area contributed by atoms with Crippen LogP contribution in [0.5, 0.6) is 0 Å². The van der Waals surface area contributed by atoms with Gasteiger partial charge in [0.1, 0.15) is 0 Å². The Balaban J connectivity index is 2.37. The molecule has 0 saturated heterocycles. The van der Waals surface area contributed by atoms with Gasteiger partial charge in [-0.3, -0.25) is 4.98 Å². The van der Waals surface area contributed by atoms with Crippen molar-refractivity contribution in [1.29, 1.82) is 0 Å². The molecule has 0 spiro atoms. The summed E-state index contributed by atoms with van der Waals surface area (Å²) in [6.07, 6.45) is 1.84. The normalized spacial score (nSPS) is 12.6. The van der Waals surface area contributed by atoms with Crippen molar-refractivity contribution in [3.05, 3.63) is 52.0 Å². The van der Waals surface area contributed by atoms with Gasteiger partial charge in [-0.15, -0.1) is 11.3 Å². The Bertz CT molecular complexity index is 437. The number of aryl methyl sites for hydroxylation is 1. The fourth-order valence-electron chi connectivity index (χ4n) is 1.83. The third kappa shape index (κ3) is 2.31. The minimum atomic E-state index is 0.277. The number of hydrogen-bond acceptors (Lipinski definition) is 3. The molecule has 0 saturated carbocycles. The van der Waals surface area contributed by atoms with Gasteiger partial charge in [0.15, 0.2) is 0 Å². The molecule has 1 unspecified atom stereocenters. The summed E-state index contributed by atoms with van der Waals surface area (Å²) in [6.45, 7) is 5.15. The fourth-order valence-corrected chi connectivity index (χ4v) is 2.64. The number of nitrogens with zero attached hydrogens (tertiary/aromatic N) is 1. The van der Waals surface area contributed by atoms with E-state index in [0.717, 1.165) is 12.2 Å². The van der Waals surface area contributed by atoms with E-state index in [4.69, 9.17) is 0 Å². The average Bonchev–Trinajstić information content (AvgIpc) is 2.80. The summed E-state index contributed by atoms with van der Waals surface area (Å²) in [5, 5.41) is 5.63. The first kappa shape index (κ1) is 11.3. The monoisotopic (exact) mass is 232 g/mol. The molecule has 0 bridgehead atoms. The summed E-state index contributed by atoms with van der Waals surface area (Å²) in [7, 11) is 0. The SMILES string of the molecule is CCNC(c1cccs1)c1cccnc1C. The van der Waals surface area contributed by atoms with Crippen molar-refractivity contribution in [2.75, 3.05) is 6.54 Å². The van der Waals surface area contributed by atoms with Gasteiger partial charge >= 0.3 is 0 Å². The van der Waals surface area contributed by atoms with Crippen molar-refractivity contribution < 1.29 is 0 Å². The molecular weight excluding hydrogens is 216 g/mol. The van der Waals surface area contributed by atoms with Crippen molar-refractivity contribution in [1.82, 2.24) is 10.3 Å². The highest BCUT2D eigenvalue weighted by atomic mass is 32.1. The number of rotatable bonds is 4. The average molecular weight is 232 g/mol. The molecule has 3 heteroatoms. The van der Waals surface area contributed by atoms with Crippen LogP contribution in [-0.2, 0) is 0 Å². The Labute approximate surface area is 100 Å². The van der Waals surface area contributed by atoms with Crippen LogP contribution in [-0.4, -0.2) is 11.5 Å². The largest absolute Gasteiger partial charge is 0.306 e. The summed E-state index contributed by atoms with van der Waals surface area (Å²) in [4.78, 5) is 5.70. The van der Waals surface area contributed by atoms with Gasteiger partial charge in [0.05, 0.1) is 6.04 Å². The summed E-state index contributed by atoms with van der Waals surface area (Å²) < 4.78 is 0. The Hall–Kier alpha value is -1.19. The zero-order chi connectivity index (χ0) is 11.4. The van der Waals surface area contributed by atoms with Crippen molar-refractivity contribution in [3.8, 4) is 0 Å². The Morgan fingerprint density at radius 2 is 2.25 bits per heavy atom. The second-order valence-electron chi connectivity index (χ2n) is 3.68. The molecule has 84 valence electrons. The summed E-state index contributed by atoms with van der Waals surface area (Å²) in [5.41, 5.74) is 2.37. The molecule has 2 nitrogen and oxygen atoms in total. The van der Waals surface area contributed by atoms with Gasteiger partial charge in [0.2, 0.25) is 0 Å². The first-order valence-electron chi connectivity index (χ1n) is 5.51. The van der Waals surface area contributed by atoms with Crippen LogP contribution in [0.1, 0.15) is 29.1 Å². The Kier molecular flexibility index (Phi) is 3.70. The lowest BCUT2D eigenvalue weighted by molar-refractivity contribution is 0.633. The quantitative estimate of drug-likeness (QED) is 0.876. The molecule has 16 heavy (non-hydrogen) atoms. The topological polar surface area (TPSA) is 24.9 Å². The van der Waals surface area contributed by atoms with Crippen LogP contribution in [0.3, 0.4) is 0 Å². The lowest BCUT2D eigenvalue weighted by atomic mass is 10.0. The molecule has 0 aromatic carbocycles. The fraction of sp³-hybridized carbons (Fsp3) is 0.308. The van der Waals surface area contributed by atoms with Gasteiger partial charge in [-0.25, -0.2) is 0 Å². The van der Waals surface area contributed by atoms with E-state index in [-0.39, 0.29) is 6.04 Å². The molecule has 1 atom stereocenters. The number of aromatic nitrogens is 1. The van der Waals surface area contributed by atoms with Crippen molar-refractivity contribution in [2.45, 2.75) is 19.9 Å². The van der Waals surface area contributed by atoms with Crippen LogP contribution in [0.15, 0.2) is 35.8 Å². The first-order valence-corrected chi connectivity index (χ1v) is 6.39. The molecule has 0 aliphatic carbocycles. The predicted molar refractivity (Wildman–Crippen MR) is 68.8 cm³/mol. The van der Waals surface area contributed by atoms with Crippen molar-refractivity contribution >= 4 is 11.3 Å². The summed E-state index contributed by atoms with van der Waals surface area (Å²) in [6, 6.07) is 8.69. The zero-order valence-corrected chi connectivity index (χ0v) is 10.4. The molecule has 0 aliphatic heterocycles.